The van der Waals surface area contributed by atoms with Gasteiger partial charge in [0.2, 0.25) is 11.6 Å². The van der Waals surface area contributed by atoms with Crippen molar-refractivity contribution in [2.45, 2.75) is 18.6 Å². The Labute approximate surface area is 92.4 Å². The van der Waals surface area contributed by atoms with Crippen molar-refractivity contribution in [1.29, 1.82) is 0 Å². The summed E-state index contributed by atoms with van der Waals surface area (Å²) < 4.78 is 15.9. The first-order valence-electron chi connectivity index (χ1n) is 5.40. The summed E-state index contributed by atoms with van der Waals surface area (Å²) in [5.74, 6) is 0.583. The molecule has 2 N–H and O–H groups in total. The molecular formula is C9H14N4O3. The van der Waals surface area contributed by atoms with Crippen molar-refractivity contribution in [3.63, 3.8) is 0 Å². The van der Waals surface area contributed by atoms with Gasteiger partial charge in [0.15, 0.2) is 5.79 Å². The van der Waals surface area contributed by atoms with E-state index in [-0.39, 0.29) is 5.79 Å². The van der Waals surface area contributed by atoms with Crippen LogP contribution < -0.4 is 10.6 Å². The van der Waals surface area contributed by atoms with Gasteiger partial charge in [-0.05, 0) is 10.3 Å². The van der Waals surface area contributed by atoms with Crippen molar-refractivity contribution < 1.29 is 14.1 Å². The monoisotopic (exact) mass is 226 g/mol. The number of hydrogen-bond donors (Lipinski definition) is 1. The lowest BCUT2D eigenvalue weighted by Crippen LogP contribution is -2.45. The van der Waals surface area contributed by atoms with E-state index in [0.29, 0.717) is 24.8 Å². The van der Waals surface area contributed by atoms with Crippen molar-refractivity contribution in [2.75, 3.05) is 36.9 Å². The van der Waals surface area contributed by atoms with E-state index in [1.54, 1.807) is 0 Å². The molecule has 1 spiro atoms. The van der Waals surface area contributed by atoms with Gasteiger partial charge in [-0.3, -0.25) is 0 Å². The number of anilines is 2. The predicted molar refractivity (Wildman–Crippen MR) is 54.8 cm³/mol. The maximum Gasteiger partial charge on any atom is 0.217 e. The lowest BCUT2D eigenvalue weighted by molar-refractivity contribution is -0.169. The van der Waals surface area contributed by atoms with Gasteiger partial charge in [0.1, 0.15) is 0 Å². The Morgan fingerprint density at radius 1 is 1.12 bits per heavy atom. The Bertz CT molecular complexity index is 365. The third kappa shape index (κ3) is 1.52. The van der Waals surface area contributed by atoms with E-state index in [1.807, 2.05) is 4.90 Å². The highest BCUT2D eigenvalue weighted by Gasteiger charge is 2.40. The van der Waals surface area contributed by atoms with E-state index >= 15 is 0 Å². The Morgan fingerprint density at radius 2 is 1.81 bits per heavy atom. The number of nitrogen functional groups attached to an aromatic ring is 1. The Balaban J connectivity index is 1.68. The fourth-order valence-electron chi connectivity index (χ4n) is 2.26. The molecule has 0 aromatic carbocycles. The van der Waals surface area contributed by atoms with Gasteiger partial charge in [-0.15, -0.1) is 0 Å². The summed E-state index contributed by atoms with van der Waals surface area (Å²) in [6.45, 7) is 2.96. The topological polar surface area (TPSA) is 86.6 Å². The number of aromatic nitrogens is 2. The highest BCUT2D eigenvalue weighted by atomic mass is 16.7. The summed E-state index contributed by atoms with van der Waals surface area (Å²) in [6, 6.07) is 0. The maximum atomic E-state index is 5.64. The van der Waals surface area contributed by atoms with Crippen LogP contribution >= 0.6 is 0 Å². The summed E-state index contributed by atoms with van der Waals surface area (Å²) in [5, 5.41) is 7.36. The lowest BCUT2D eigenvalue weighted by Gasteiger charge is -2.37. The summed E-state index contributed by atoms with van der Waals surface area (Å²) in [4.78, 5) is 2.04. The van der Waals surface area contributed by atoms with Crippen LogP contribution in [0.1, 0.15) is 12.8 Å². The number of rotatable bonds is 1. The molecular weight excluding hydrogens is 212 g/mol. The molecule has 1 aromatic heterocycles. The third-order valence-electron chi connectivity index (χ3n) is 3.13. The van der Waals surface area contributed by atoms with Gasteiger partial charge in [-0.1, -0.05) is 0 Å². The SMILES string of the molecule is Nc1nonc1N1CCC2(CC1)OCCO2. The van der Waals surface area contributed by atoms with E-state index in [4.69, 9.17) is 15.2 Å². The molecule has 0 radical (unpaired) electrons. The Kier molecular flexibility index (Phi) is 2.22. The molecule has 0 unspecified atom stereocenters. The number of ether oxygens (including phenoxy) is 2. The maximum absolute atomic E-state index is 5.64. The second-order valence-corrected chi connectivity index (χ2v) is 4.07. The molecule has 0 atom stereocenters. The average molecular weight is 226 g/mol. The normalized spacial score (nSPS) is 24.1. The molecule has 2 aliphatic heterocycles. The summed E-state index contributed by atoms with van der Waals surface area (Å²) in [6.07, 6.45) is 1.64. The van der Waals surface area contributed by atoms with Crippen LogP contribution in [0.2, 0.25) is 0 Å². The molecule has 0 amide bonds. The van der Waals surface area contributed by atoms with Gasteiger partial charge >= 0.3 is 0 Å². The molecule has 3 heterocycles. The van der Waals surface area contributed by atoms with Gasteiger partial charge in [0.05, 0.1) is 13.2 Å². The number of nitrogens with zero attached hydrogens (tertiary/aromatic N) is 3. The summed E-state index contributed by atoms with van der Waals surface area (Å²) >= 11 is 0. The van der Waals surface area contributed by atoms with Gasteiger partial charge in [0.25, 0.3) is 0 Å². The van der Waals surface area contributed by atoms with Gasteiger partial charge < -0.3 is 20.1 Å². The minimum absolute atomic E-state index is 0.337. The van der Waals surface area contributed by atoms with Crippen LogP contribution in [-0.2, 0) is 9.47 Å². The second-order valence-electron chi connectivity index (χ2n) is 4.07. The van der Waals surface area contributed by atoms with Gasteiger partial charge in [-0.25, -0.2) is 4.63 Å². The largest absolute Gasteiger partial charge is 0.378 e. The van der Waals surface area contributed by atoms with Crippen LogP contribution in [0.4, 0.5) is 11.6 Å². The first-order chi connectivity index (χ1) is 7.79. The number of hydrogen-bond acceptors (Lipinski definition) is 7. The zero-order valence-electron chi connectivity index (χ0n) is 8.89. The zero-order valence-corrected chi connectivity index (χ0v) is 8.89. The standard InChI is InChI=1S/C9H14N4O3/c10-7-8(12-16-11-7)13-3-1-9(2-4-13)14-5-6-15-9/h1-6H2,(H2,10,11). The van der Waals surface area contributed by atoms with Gasteiger partial charge in [0, 0.05) is 25.9 Å². The Morgan fingerprint density at radius 3 is 2.38 bits per heavy atom. The fraction of sp³-hybridized carbons (Fsp3) is 0.778. The van der Waals surface area contributed by atoms with Crippen LogP contribution in [0.3, 0.4) is 0 Å². The first kappa shape index (κ1) is 9.86. The van der Waals surface area contributed by atoms with Crippen molar-refractivity contribution in [2.24, 2.45) is 0 Å². The van der Waals surface area contributed by atoms with E-state index < -0.39 is 0 Å². The van der Waals surface area contributed by atoms with E-state index in [1.165, 1.54) is 0 Å². The molecule has 2 aliphatic rings. The predicted octanol–water partition coefficient (Wildman–Crippen LogP) is -0.00490. The van der Waals surface area contributed by atoms with E-state index in [2.05, 4.69) is 14.9 Å². The van der Waals surface area contributed by atoms with Crippen molar-refractivity contribution >= 4 is 11.6 Å². The van der Waals surface area contributed by atoms with Crippen molar-refractivity contribution in [1.82, 2.24) is 10.3 Å². The van der Waals surface area contributed by atoms with Gasteiger partial charge in [-0.2, -0.15) is 0 Å². The molecule has 88 valence electrons. The number of nitrogens with two attached hydrogens (primary N) is 1. The molecule has 7 nitrogen and oxygen atoms in total. The van der Waals surface area contributed by atoms with Crippen molar-refractivity contribution in [3.05, 3.63) is 0 Å². The molecule has 0 aliphatic carbocycles. The minimum Gasteiger partial charge on any atom is -0.378 e. The molecule has 0 saturated carbocycles. The van der Waals surface area contributed by atoms with Crippen molar-refractivity contribution in [3.8, 4) is 0 Å². The highest BCUT2D eigenvalue weighted by molar-refractivity contribution is 5.56. The number of piperidine rings is 1. The molecule has 16 heavy (non-hydrogen) atoms. The molecule has 3 rings (SSSR count). The lowest BCUT2D eigenvalue weighted by atomic mass is 10.0. The van der Waals surface area contributed by atoms with E-state index in [0.717, 1.165) is 25.9 Å². The molecule has 2 fully saturated rings. The fourth-order valence-corrected chi connectivity index (χ4v) is 2.26. The third-order valence-corrected chi connectivity index (χ3v) is 3.13. The molecule has 0 bridgehead atoms. The second kappa shape index (κ2) is 3.60. The quantitative estimate of drug-likeness (QED) is 0.720. The minimum atomic E-state index is -0.373. The Hall–Kier alpha value is -1.34. The highest BCUT2D eigenvalue weighted by Crippen LogP contribution is 2.33. The first-order valence-corrected chi connectivity index (χ1v) is 5.40. The van der Waals surface area contributed by atoms with E-state index in [9.17, 15) is 0 Å². The van der Waals surface area contributed by atoms with Crippen LogP contribution in [0, 0.1) is 0 Å². The van der Waals surface area contributed by atoms with Crippen LogP contribution in [-0.4, -0.2) is 42.4 Å². The summed E-state index contributed by atoms with van der Waals surface area (Å²) in [5.41, 5.74) is 5.64. The molecule has 7 heteroatoms. The molecule has 2 saturated heterocycles. The van der Waals surface area contributed by atoms with Crippen LogP contribution in [0.25, 0.3) is 0 Å². The van der Waals surface area contributed by atoms with Crippen LogP contribution in [0.15, 0.2) is 4.63 Å². The average Bonchev–Trinajstić information content (AvgIpc) is 2.90. The van der Waals surface area contributed by atoms with Crippen LogP contribution in [0.5, 0.6) is 0 Å². The zero-order chi connectivity index (χ0) is 11.0. The summed E-state index contributed by atoms with van der Waals surface area (Å²) in [7, 11) is 0. The smallest absolute Gasteiger partial charge is 0.217 e. The molecule has 1 aromatic rings.